The zero-order chi connectivity index (χ0) is 31.4. The van der Waals surface area contributed by atoms with Crippen LogP contribution in [0.1, 0.15) is 47.3 Å². The van der Waals surface area contributed by atoms with Crippen molar-refractivity contribution in [3.8, 4) is 18.1 Å². The molecule has 3 aliphatic rings. The number of rotatable bonds is 7. The summed E-state index contributed by atoms with van der Waals surface area (Å²) in [5.41, 5.74) is 3.03. The van der Waals surface area contributed by atoms with Crippen LogP contribution in [0.15, 0.2) is 28.7 Å². The minimum absolute atomic E-state index is 0.00926. The molecule has 4 rings (SSSR count). The molecule has 0 saturated heterocycles. The summed E-state index contributed by atoms with van der Waals surface area (Å²) in [6.07, 6.45) is -1.11. The van der Waals surface area contributed by atoms with Gasteiger partial charge in [0.1, 0.15) is 17.3 Å². The maximum atomic E-state index is 14.7. The first kappa shape index (κ1) is 31.4. The number of phenolic OH excluding ortho intramolecular Hbond substituents is 1. The molecule has 0 spiro atoms. The van der Waals surface area contributed by atoms with Crippen LogP contribution in [0, 0.1) is 36.0 Å². The number of carbonyl (C=O) groups excluding carboxylic acids is 2. The Labute approximate surface area is 242 Å². The SMILES string of the molecule is C#C[C@H](NCc1cc(O)c2c(c1C(F)(F)F)C[C@H]1C[C@@H]3C(C(OC)=C1C2=O)C(O)C(C(N)=O)=C(O)[C@H]3N(C)C)C(C)C. The Bertz CT molecular complexity index is 1410. The summed E-state index contributed by atoms with van der Waals surface area (Å²) in [7, 11) is 4.54. The van der Waals surface area contributed by atoms with Gasteiger partial charge in [-0.2, -0.15) is 13.2 Å². The molecule has 12 heteroatoms. The number of hydrogen-bond acceptors (Lipinski definition) is 8. The van der Waals surface area contributed by atoms with Crippen LogP contribution >= 0.6 is 0 Å². The second-order valence-corrected chi connectivity index (χ2v) is 11.7. The number of aromatic hydroxyl groups is 1. The Morgan fingerprint density at radius 3 is 2.45 bits per heavy atom. The molecule has 2 unspecified atom stereocenters. The monoisotopic (exact) mass is 591 g/mol. The van der Waals surface area contributed by atoms with Crippen molar-refractivity contribution in [2.45, 2.75) is 57.6 Å². The van der Waals surface area contributed by atoms with E-state index in [-0.39, 0.29) is 47.8 Å². The molecule has 228 valence electrons. The predicted molar refractivity (Wildman–Crippen MR) is 147 cm³/mol. The highest BCUT2D eigenvalue weighted by molar-refractivity contribution is 6.13. The van der Waals surface area contributed by atoms with Crippen molar-refractivity contribution in [1.82, 2.24) is 10.2 Å². The van der Waals surface area contributed by atoms with Crippen LogP contribution in [0.2, 0.25) is 0 Å². The molecule has 3 aliphatic carbocycles. The summed E-state index contributed by atoms with van der Waals surface area (Å²) in [5.74, 6) is -2.95. The first-order chi connectivity index (χ1) is 19.6. The molecule has 0 bridgehead atoms. The van der Waals surface area contributed by atoms with Crippen LogP contribution in [0.4, 0.5) is 13.2 Å². The minimum atomic E-state index is -4.86. The number of aliphatic hydroxyl groups excluding tert-OH is 2. The van der Waals surface area contributed by atoms with Crippen molar-refractivity contribution < 1.29 is 42.8 Å². The van der Waals surface area contributed by atoms with Gasteiger partial charge < -0.3 is 25.8 Å². The van der Waals surface area contributed by atoms with Crippen molar-refractivity contribution >= 4 is 11.7 Å². The number of carbonyl (C=O) groups is 2. The third-order valence-corrected chi connectivity index (χ3v) is 8.69. The number of halogens is 3. The summed E-state index contributed by atoms with van der Waals surface area (Å²) in [5, 5.41) is 36.1. The number of primary amides is 1. The molecule has 9 nitrogen and oxygen atoms in total. The van der Waals surface area contributed by atoms with Gasteiger partial charge in [0.05, 0.1) is 47.9 Å². The number of alkyl halides is 3. The Kier molecular flexibility index (Phi) is 8.43. The number of amides is 1. The van der Waals surface area contributed by atoms with E-state index in [0.717, 1.165) is 6.07 Å². The molecule has 42 heavy (non-hydrogen) atoms. The molecular formula is C30H36F3N3O6. The fourth-order valence-electron chi connectivity index (χ4n) is 7.01. The van der Waals surface area contributed by atoms with Crippen molar-refractivity contribution in [3.05, 3.63) is 51.0 Å². The number of phenols is 1. The first-order valence-corrected chi connectivity index (χ1v) is 13.6. The molecule has 0 aromatic heterocycles. The van der Waals surface area contributed by atoms with Crippen LogP contribution < -0.4 is 11.1 Å². The molecule has 0 aliphatic heterocycles. The summed E-state index contributed by atoms with van der Waals surface area (Å²) >= 11 is 0. The molecule has 0 saturated carbocycles. The van der Waals surface area contributed by atoms with Gasteiger partial charge in [0.2, 0.25) is 0 Å². The van der Waals surface area contributed by atoms with Gasteiger partial charge in [-0.15, -0.1) is 6.42 Å². The number of terminal acetylenes is 1. The second-order valence-electron chi connectivity index (χ2n) is 11.7. The Balaban J connectivity index is 1.91. The smallest absolute Gasteiger partial charge is 0.417 e. The third-order valence-electron chi connectivity index (χ3n) is 8.69. The van der Waals surface area contributed by atoms with Crippen LogP contribution in [0.5, 0.6) is 5.75 Å². The van der Waals surface area contributed by atoms with E-state index in [2.05, 4.69) is 11.2 Å². The van der Waals surface area contributed by atoms with Gasteiger partial charge in [0.25, 0.3) is 5.91 Å². The summed E-state index contributed by atoms with van der Waals surface area (Å²) < 4.78 is 49.6. The molecule has 6 atom stereocenters. The number of benzene rings is 1. The van der Waals surface area contributed by atoms with Gasteiger partial charge in [0.15, 0.2) is 5.78 Å². The van der Waals surface area contributed by atoms with E-state index in [1.165, 1.54) is 7.11 Å². The van der Waals surface area contributed by atoms with E-state index in [1.807, 2.05) is 13.8 Å². The number of hydrogen-bond donors (Lipinski definition) is 5. The van der Waals surface area contributed by atoms with Crippen LogP contribution in [0.25, 0.3) is 0 Å². The molecule has 0 heterocycles. The average Bonchev–Trinajstić information content (AvgIpc) is 2.86. The van der Waals surface area contributed by atoms with Gasteiger partial charge in [0, 0.05) is 12.1 Å². The zero-order valence-electron chi connectivity index (χ0n) is 24.0. The van der Waals surface area contributed by atoms with E-state index in [1.54, 1.807) is 19.0 Å². The molecular weight excluding hydrogens is 555 g/mol. The third kappa shape index (κ3) is 5.03. The molecule has 0 radical (unpaired) electrons. The number of aliphatic hydroxyl groups is 2. The number of ketones is 1. The van der Waals surface area contributed by atoms with Gasteiger partial charge in [-0.3, -0.25) is 19.8 Å². The Hall–Kier alpha value is -3.53. The molecule has 1 aromatic rings. The van der Waals surface area contributed by atoms with Crippen molar-refractivity contribution in [1.29, 1.82) is 0 Å². The number of nitrogens with two attached hydrogens (primary N) is 1. The fraction of sp³-hybridized carbons (Fsp3) is 0.533. The van der Waals surface area contributed by atoms with E-state index in [4.69, 9.17) is 16.9 Å². The van der Waals surface area contributed by atoms with Crippen LogP contribution in [0.3, 0.4) is 0 Å². The van der Waals surface area contributed by atoms with Gasteiger partial charge in [-0.05, 0) is 61.9 Å². The molecule has 1 aromatic carbocycles. The number of ether oxygens (including phenoxy) is 1. The lowest BCUT2D eigenvalue weighted by atomic mass is 9.60. The molecule has 0 fully saturated rings. The zero-order valence-corrected chi connectivity index (χ0v) is 24.0. The average molecular weight is 592 g/mol. The second kappa shape index (κ2) is 11.3. The number of likely N-dealkylation sites (N-methyl/N-ethyl adjacent to an activating group) is 1. The van der Waals surface area contributed by atoms with Gasteiger partial charge in [-0.25, -0.2) is 0 Å². The van der Waals surface area contributed by atoms with Crippen molar-refractivity contribution in [3.63, 3.8) is 0 Å². The molecule has 6 N–H and O–H groups in total. The Morgan fingerprint density at radius 2 is 1.95 bits per heavy atom. The first-order valence-electron chi connectivity index (χ1n) is 13.6. The Morgan fingerprint density at radius 1 is 1.31 bits per heavy atom. The number of nitrogens with one attached hydrogen (secondary N) is 1. The number of nitrogens with zero attached hydrogens (tertiary/aromatic N) is 1. The fourth-order valence-corrected chi connectivity index (χ4v) is 7.01. The summed E-state index contributed by atoms with van der Waals surface area (Å²) in [4.78, 5) is 27.8. The summed E-state index contributed by atoms with van der Waals surface area (Å²) in [6, 6.07) is -0.429. The van der Waals surface area contributed by atoms with E-state index >= 15 is 0 Å². The number of Topliss-reactive ketones (excluding diaryl/α,β-unsaturated/α-hetero) is 1. The highest BCUT2D eigenvalue weighted by atomic mass is 19.4. The maximum Gasteiger partial charge on any atom is 0.417 e. The highest BCUT2D eigenvalue weighted by Gasteiger charge is 2.55. The van der Waals surface area contributed by atoms with E-state index in [9.17, 15) is 38.1 Å². The lowest BCUT2D eigenvalue weighted by Gasteiger charge is -2.49. The standard InChI is InChI=1S/C30H36F3N3O6/c1-7-17(12(2)3)35-11-14-10-18(37)20-15(23(14)30(31,32)33)8-13-9-16-21(28(42-6)19(13)25(20)38)26(39)22(29(34)41)27(40)24(16)36(4)5/h1,10,12-13,16-17,21,24,26,35,37,39-40H,8-9,11H2,2-6H3,(H2,34,41)/t13-,16+,17-,21?,24-,26?/m0/s1. The lowest BCUT2D eigenvalue weighted by Crippen LogP contribution is -2.55. The van der Waals surface area contributed by atoms with Gasteiger partial charge >= 0.3 is 6.18 Å². The van der Waals surface area contributed by atoms with Crippen LogP contribution in [-0.4, -0.2) is 71.3 Å². The van der Waals surface area contributed by atoms with Gasteiger partial charge in [-0.1, -0.05) is 19.8 Å². The topological polar surface area (TPSA) is 145 Å². The number of allylic oxidation sites excluding steroid dienone is 1. The maximum absolute atomic E-state index is 14.7. The normalized spacial score (nSPS) is 26.5. The largest absolute Gasteiger partial charge is 0.510 e. The molecule has 1 amide bonds. The lowest BCUT2D eigenvalue weighted by molar-refractivity contribution is -0.139. The minimum Gasteiger partial charge on any atom is -0.510 e. The van der Waals surface area contributed by atoms with Crippen LogP contribution in [-0.2, 0) is 28.7 Å². The van der Waals surface area contributed by atoms with E-state index < -0.39 is 82.0 Å². The predicted octanol–water partition coefficient (Wildman–Crippen LogP) is 2.65. The highest BCUT2D eigenvalue weighted by Crippen LogP contribution is 2.53. The van der Waals surface area contributed by atoms with Crippen molar-refractivity contribution in [2.75, 3.05) is 21.2 Å². The quantitative estimate of drug-likeness (QED) is 0.305. The van der Waals surface area contributed by atoms with E-state index in [0.29, 0.717) is 0 Å². The van der Waals surface area contributed by atoms with Crippen molar-refractivity contribution in [2.24, 2.45) is 29.4 Å². The number of fused-ring (bicyclic) bond motifs is 3. The number of methoxy groups -OCH3 is 1. The summed E-state index contributed by atoms with van der Waals surface area (Å²) in [6.45, 7) is 3.36.